The Bertz CT molecular complexity index is 529. The van der Waals surface area contributed by atoms with E-state index >= 15 is 0 Å². The molecule has 0 aliphatic rings. The number of nitrogens with zero attached hydrogens (tertiary/aromatic N) is 3. The average molecular weight is 217 g/mol. The topological polar surface area (TPSA) is 68.0 Å². The van der Waals surface area contributed by atoms with Gasteiger partial charge in [0.1, 0.15) is 5.56 Å². The van der Waals surface area contributed by atoms with Gasteiger partial charge >= 0.3 is 5.97 Å². The molecule has 0 spiro atoms. The molecule has 0 radical (unpaired) electrons. The average Bonchev–Trinajstić information content (AvgIpc) is 2.61. The van der Waals surface area contributed by atoms with Gasteiger partial charge in [-0.1, -0.05) is 6.07 Å². The van der Waals surface area contributed by atoms with Crippen molar-refractivity contribution in [3.05, 3.63) is 41.3 Å². The van der Waals surface area contributed by atoms with Gasteiger partial charge in [-0.05, 0) is 25.5 Å². The lowest BCUT2D eigenvalue weighted by molar-refractivity contribution is 0.0696. The van der Waals surface area contributed by atoms with Crippen molar-refractivity contribution in [1.82, 2.24) is 14.8 Å². The van der Waals surface area contributed by atoms with Crippen LogP contribution < -0.4 is 0 Å². The Balaban J connectivity index is 2.45. The molecule has 0 aliphatic heterocycles. The molecule has 16 heavy (non-hydrogen) atoms. The van der Waals surface area contributed by atoms with Gasteiger partial charge in [0.15, 0.2) is 5.82 Å². The van der Waals surface area contributed by atoms with Gasteiger partial charge < -0.3 is 5.11 Å². The number of aromatic carboxylic acids is 1. The van der Waals surface area contributed by atoms with Crippen molar-refractivity contribution < 1.29 is 9.90 Å². The van der Waals surface area contributed by atoms with Crippen LogP contribution in [0.25, 0.3) is 5.82 Å². The Hall–Kier alpha value is -2.17. The smallest absolute Gasteiger partial charge is 0.339 e. The first-order valence-electron chi connectivity index (χ1n) is 4.80. The van der Waals surface area contributed by atoms with E-state index < -0.39 is 5.97 Å². The quantitative estimate of drug-likeness (QED) is 0.829. The number of hydrogen-bond acceptors (Lipinski definition) is 3. The summed E-state index contributed by atoms with van der Waals surface area (Å²) in [6.45, 7) is 3.60. The summed E-state index contributed by atoms with van der Waals surface area (Å²) >= 11 is 0. The zero-order valence-corrected chi connectivity index (χ0v) is 9.01. The summed E-state index contributed by atoms with van der Waals surface area (Å²) in [5.41, 5.74) is 1.73. The predicted molar refractivity (Wildman–Crippen MR) is 57.8 cm³/mol. The second kappa shape index (κ2) is 3.77. The van der Waals surface area contributed by atoms with Gasteiger partial charge in [-0.3, -0.25) is 0 Å². The van der Waals surface area contributed by atoms with E-state index in [1.807, 2.05) is 13.0 Å². The fourth-order valence-corrected chi connectivity index (χ4v) is 1.38. The third-order valence-corrected chi connectivity index (χ3v) is 2.26. The van der Waals surface area contributed by atoms with Crippen molar-refractivity contribution >= 4 is 5.97 Å². The third-order valence-electron chi connectivity index (χ3n) is 2.26. The molecular formula is C11H11N3O2. The molecule has 5 heteroatoms. The molecular weight excluding hydrogens is 206 g/mol. The van der Waals surface area contributed by atoms with E-state index in [4.69, 9.17) is 5.11 Å². The predicted octanol–water partition coefficient (Wildman–Crippen LogP) is 1.58. The van der Waals surface area contributed by atoms with Crippen LogP contribution in [0.5, 0.6) is 0 Å². The van der Waals surface area contributed by atoms with Crippen LogP contribution in [0.15, 0.2) is 24.5 Å². The lowest BCUT2D eigenvalue weighted by atomic mass is 10.3. The summed E-state index contributed by atoms with van der Waals surface area (Å²) < 4.78 is 1.47. The van der Waals surface area contributed by atoms with Crippen LogP contribution in [0.3, 0.4) is 0 Å². The summed E-state index contributed by atoms with van der Waals surface area (Å²) in [6, 6.07) is 3.70. The lowest BCUT2D eigenvalue weighted by Crippen LogP contribution is -1.98. The van der Waals surface area contributed by atoms with Gasteiger partial charge in [0.2, 0.25) is 0 Å². The second-order valence-corrected chi connectivity index (χ2v) is 3.57. The first-order valence-corrected chi connectivity index (χ1v) is 4.80. The van der Waals surface area contributed by atoms with Crippen LogP contribution in [0.1, 0.15) is 21.6 Å². The molecule has 0 bridgehead atoms. The zero-order valence-electron chi connectivity index (χ0n) is 9.01. The highest BCUT2D eigenvalue weighted by Gasteiger charge is 2.12. The van der Waals surface area contributed by atoms with E-state index in [9.17, 15) is 4.79 Å². The third kappa shape index (κ3) is 1.79. The van der Waals surface area contributed by atoms with Gasteiger partial charge in [-0.25, -0.2) is 14.5 Å². The molecule has 2 aromatic heterocycles. The number of aryl methyl sites for hydroxylation is 2. The minimum atomic E-state index is -0.976. The number of hydrogen-bond donors (Lipinski definition) is 1. The van der Waals surface area contributed by atoms with Gasteiger partial charge in [-0.15, -0.1) is 0 Å². The van der Waals surface area contributed by atoms with E-state index in [0.717, 1.165) is 5.56 Å². The molecule has 0 aliphatic carbocycles. The van der Waals surface area contributed by atoms with Crippen LogP contribution in [-0.4, -0.2) is 25.8 Å². The summed E-state index contributed by atoms with van der Waals surface area (Å²) in [6.07, 6.45) is 3.18. The van der Waals surface area contributed by atoms with Gasteiger partial charge in [-0.2, -0.15) is 5.10 Å². The van der Waals surface area contributed by atoms with Crippen molar-refractivity contribution in [2.75, 3.05) is 0 Å². The summed E-state index contributed by atoms with van der Waals surface area (Å²) in [7, 11) is 0. The molecule has 0 aromatic carbocycles. The molecule has 2 rings (SSSR count). The fraction of sp³-hybridized carbons (Fsp3) is 0.182. The molecule has 0 saturated carbocycles. The molecule has 2 heterocycles. The Morgan fingerprint density at radius 3 is 2.62 bits per heavy atom. The van der Waals surface area contributed by atoms with Crippen LogP contribution in [0.2, 0.25) is 0 Å². The fourth-order valence-electron chi connectivity index (χ4n) is 1.38. The molecule has 0 unspecified atom stereocenters. The highest BCUT2D eigenvalue weighted by molar-refractivity contribution is 5.88. The second-order valence-electron chi connectivity index (χ2n) is 3.57. The van der Waals surface area contributed by atoms with Crippen molar-refractivity contribution in [3.8, 4) is 5.82 Å². The molecule has 1 N–H and O–H groups in total. The number of carboxylic acid groups (broad SMARTS) is 1. The molecule has 2 aromatic rings. The Morgan fingerprint density at radius 1 is 1.38 bits per heavy atom. The lowest BCUT2D eigenvalue weighted by Gasteiger charge is -1.99. The zero-order chi connectivity index (χ0) is 11.7. The standard InChI is InChI=1S/C11H11N3O2/c1-7-3-4-10(12-5-7)14-6-9(11(15)16)8(2)13-14/h3-6H,1-2H3,(H,15,16). The Morgan fingerprint density at radius 2 is 2.12 bits per heavy atom. The van der Waals surface area contributed by atoms with Crippen molar-refractivity contribution in [3.63, 3.8) is 0 Å². The van der Waals surface area contributed by atoms with Crippen molar-refractivity contribution in [2.24, 2.45) is 0 Å². The highest BCUT2D eigenvalue weighted by atomic mass is 16.4. The maximum absolute atomic E-state index is 10.8. The van der Waals surface area contributed by atoms with Gasteiger partial charge in [0, 0.05) is 12.4 Å². The van der Waals surface area contributed by atoms with E-state index in [0.29, 0.717) is 11.5 Å². The molecule has 0 amide bonds. The minimum absolute atomic E-state index is 0.197. The maximum atomic E-state index is 10.8. The Kier molecular flexibility index (Phi) is 2.44. The normalized spacial score (nSPS) is 10.4. The van der Waals surface area contributed by atoms with Crippen molar-refractivity contribution in [1.29, 1.82) is 0 Å². The number of carbonyl (C=O) groups is 1. The monoisotopic (exact) mass is 217 g/mol. The molecule has 0 atom stereocenters. The molecule has 0 fully saturated rings. The van der Waals surface area contributed by atoms with E-state index in [2.05, 4.69) is 10.1 Å². The molecule has 82 valence electrons. The Labute approximate surface area is 92.4 Å². The SMILES string of the molecule is Cc1ccc(-n2cc(C(=O)O)c(C)n2)nc1. The van der Waals surface area contributed by atoms with Crippen LogP contribution in [0, 0.1) is 13.8 Å². The summed E-state index contributed by atoms with van der Waals surface area (Å²) in [5.74, 6) is -0.364. The minimum Gasteiger partial charge on any atom is -0.478 e. The first kappa shape index (κ1) is 10.4. The largest absolute Gasteiger partial charge is 0.478 e. The number of rotatable bonds is 2. The van der Waals surface area contributed by atoms with Gasteiger partial charge in [0.05, 0.1) is 5.69 Å². The summed E-state index contributed by atoms with van der Waals surface area (Å²) in [4.78, 5) is 15.0. The van der Waals surface area contributed by atoms with Crippen LogP contribution >= 0.6 is 0 Å². The summed E-state index contributed by atoms with van der Waals surface area (Å²) in [5, 5.41) is 13.0. The molecule has 5 nitrogen and oxygen atoms in total. The molecule has 0 saturated heterocycles. The number of carboxylic acids is 1. The van der Waals surface area contributed by atoms with E-state index in [1.54, 1.807) is 19.2 Å². The number of aromatic nitrogens is 3. The van der Waals surface area contributed by atoms with Crippen molar-refractivity contribution in [2.45, 2.75) is 13.8 Å². The maximum Gasteiger partial charge on any atom is 0.339 e. The van der Waals surface area contributed by atoms with Crippen LogP contribution in [0.4, 0.5) is 0 Å². The first-order chi connectivity index (χ1) is 7.58. The number of pyridine rings is 1. The highest BCUT2D eigenvalue weighted by Crippen LogP contribution is 2.10. The van der Waals surface area contributed by atoms with Gasteiger partial charge in [0.25, 0.3) is 0 Å². The van der Waals surface area contributed by atoms with Crippen LogP contribution in [-0.2, 0) is 0 Å². The van der Waals surface area contributed by atoms with E-state index in [1.165, 1.54) is 10.9 Å². The van der Waals surface area contributed by atoms with E-state index in [-0.39, 0.29) is 5.56 Å².